The third-order valence-corrected chi connectivity index (χ3v) is 4.25. The number of hydrogen-bond donors (Lipinski definition) is 2. The molecule has 0 saturated carbocycles. The number of fused-ring (bicyclic) bond motifs is 1. The second-order valence-electron chi connectivity index (χ2n) is 5.50. The summed E-state index contributed by atoms with van der Waals surface area (Å²) in [5.41, 5.74) is 1.20. The predicted octanol–water partition coefficient (Wildman–Crippen LogP) is 2.29. The molecule has 2 aromatic rings. The maximum atomic E-state index is 4.47. The van der Waals surface area contributed by atoms with Crippen LogP contribution in [-0.4, -0.2) is 34.2 Å². The van der Waals surface area contributed by atoms with Gasteiger partial charge in [-0.3, -0.25) is 0 Å². The van der Waals surface area contributed by atoms with Gasteiger partial charge in [0.1, 0.15) is 0 Å². The van der Waals surface area contributed by atoms with E-state index in [4.69, 9.17) is 0 Å². The third-order valence-electron chi connectivity index (χ3n) is 3.78. The van der Waals surface area contributed by atoms with Gasteiger partial charge in [-0.2, -0.15) is 4.98 Å². The van der Waals surface area contributed by atoms with Crippen LogP contribution >= 0.6 is 15.9 Å². The van der Waals surface area contributed by atoms with Crippen molar-refractivity contribution in [1.29, 1.82) is 0 Å². The predicted molar refractivity (Wildman–Crippen MR) is 79.4 cm³/mol. The lowest BCUT2D eigenvalue weighted by molar-refractivity contribution is 0.247. The van der Waals surface area contributed by atoms with Gasteiger partial charge < -0.3 is 10.6 Å². The maximum Gasteiger partial charge on any atom is 0.243 e. The highest BCUT2D eigenvalue weighted by molar-refractivity contribution is 9.10. The van der Waals surface area contributed by atoms with Crippen molar-refractivity contribution in [2.24, 2.45) is 5.41 Å². The first-order valence-electron chi connectivity index (χ1n) is 6.61. The van der Waals surface area contributed by atoms with Gasteiger partial charge in [-0.1, -0.05) is 6.92 Å². The van der Waals surface area contributed by atoms with Gasteiger partial charge >= 0.3 is 0 Å². The highest BCUT2D eigenvalue weighted by Gasteiger charge is 2.26. The summed E-state index contributed by atoms with van der Waals surface area (Å²) >= 11 is 3.44. The first-order chi connectivity index (χ1) is 9.15. The first kappa shape index (κ1) is 12.9. The third kappa shape index (κ3) is 2.90. The van der Waals surface area contributed by atoms with E-state index in [0.29, 0.717) is 11.4 Å². The maximum absolute atomic E-state index is 4.47. The largest absolute Gasteiger partial charge is 0.352 e. The summed E-state index contributed by atoms with van der Waals surface area (Å²) in [5.74, 6) is 0.706. The summed E-state index contributed by atoms with van der Waals surface area (Å²) < 4.78 is 2.79. The molecule has 1 aliphatic rings. The van der Waals surface area contributed by atoms with E-state index >= 15 is 0 Å². The number of aromatic nitrogens is 3. The van der Waals surface area contributed by atoms with Gasteiger partial charge in [0, 0.05) is 17.2 Å². The van der Waals surface area contributed by atoms with Gasteiger partial charge in [-0.25, -0.2) is 4.52 Å². The van der Waals surface area contributed by atoms with Gasteiger partial charge in [0.05, 0.1) is 0 Å². The molecule has 19 heavy (non-hydrogen) atoms. The molecule has 0 atom stereocenters. The molecule has 0 aliphatic carbocycles. The second-order valence-corrected chi connectivity index (χ2v) is 6.42. The number of halogens is 1. The van der Waals surface area contributed by atoms with Crippen molar-refractivity contribution in [3.05, 3.63) is 22.8 Å². The van der Waals surface area contributed by atoms with Crippen LogP contribution in [0.3, 0.4) is 0 Å². The minimum atomic E-state index is 0.337. The van der Waals surface area contributed by atoms with Crippen LogP contribution in [0.1, 0.15) is 19.8 Å². The summed E-state index contributed by atoms with van der Waals surface area (Å²) in [6.07, 6.45) is 4.30. The molecule has 2 aromatic heterocycles. The molecule has 5 nitrogen and oxygen atoms in total. The fourth-order valence-corrected chi connectivity index (χ4v) is 2.76. The lowest BCUT2D eigenvalue weighted by Crippen LogP contribution is -2.39. The number of hydrogen-bond acceptors (Lipinski definition) is 4. The molecule has 1 saturated heterocycles. The van der Waals surface area contributed by atoms with Crippen LogP contribution in [0.15, 0.2) is 22.8 Å². The smallest absolute Gasteiger partial charge is 0.243 e. The second kappa shape index (κ2) is 5.09. The Kier molecular flexibility index (Phi) is 3.45. The Bertz CT molecular complexity index is 573. The molecule has 2 N–H and O–H groups in total. The van der Waals surface area contributed by atoms with Crippen LogP contribution in [0.25, 0.3) is 5.65 Å². The van der Waals surface area contributed by atoms with E-state index in [1.54, 1.807) is 4.52 Å². The molecule has 1 fully saturated rings. The number of nitrogens with zero attached hydrogens (tertiary/aromatic N) is 3. The van der Waals surface area contributed by atoms with Crippen molar-refractivity contribution in [2.75, 3.05) is 25.0 Å². The molecule has 0 radical (unpaired) electrons. The molecule has 1 aliphatic heterocycles. The molecule has 3 rings (SSSR count). The average molecular weight is 324 g/mol. The number of piperidine rings is 1. The Hall–Kier alpha value is -1.14. The molecule has 3 heterocycles. The minimum absolute atomic E-state index is 0.337. The molecule has 0 unspecified atom stereocenters. The standard InChI is InChI=1S/C13H18BrN5/c1-13(4-6-15-7-5-13)9-16-12-17-11-3-2-10(14)8-19(11)18-12/h2-3,8,15H,4-7,9H2,1H3,(H,16,18). The highest BCUT2D eigenvalue weighted by atomic mass is 79.9. The lowest BCUT2D eigenvalue weighted by Gasteiger charge is -2.33. The molecule has 0 amide bonds. The zero-order valence-corrected chi connectivity index (χ0v) is 12.6. The van der Waals surface area contributed by atoms with Crippen LogP contribution in [0.5, 0.6) is 0 Å². The Morgan fingerprint density at radius 3 is 3.00 bits per heavy atom. The van der Waals surface area contributed by atoms with E-state index in [2.05, 4.69) is 43.6 Å². The summed E-state index contributed by atoms with van der Waals surface area (Å²) in [7, 11) is 0. The topological polar surface area (TPSA) is 54.2 Å². The summed E-state index contributed by atoms with van der Waals surface area (Å²) in [6, 6.07) is 3.93. The average Bonchev–Trinajstić information content (AvgIpc) is 2.79. The molecule has 0 aromatic carbocycles. The van der Waals surface area contributed by atoms with Crippen molar-refractivity contribution < 1.29 is 0 Å². The van der Waals surface area contributed by atoms with Crippen LogP contribution in [0.2, 0.25) is 0 Å². The monoisotopic (exact) mass is 323 g/mol. The van der Waals surface area contributed by atoms with Crippen LogP contribution < -0.4 is 10.6 Å². The van der Waals surface area contributed by atoms with E-state index in [1.807, 2.05) is 18.3 Å². The molecule has 6 heteroatoms. The van der Waals surface area contributed by atoms with Crippen molar-refractivity contribution in [3.63, 3.8) is 0 Å². The Morgan fingerprint density at radius 2 is 2.21 bits per heavy atom. The van der Waals surface area contributed by atoms with Crippen LogP contribution in [0, 0.1) is 5.41 Å². The summed E-state index contributed by atoms with van der Waals surface area (Å²) in [6.45, 7) is 5.45. The molecule has 0 spiro atoms. The van der Waals surface area contributed by atoms with E-state index in [9.17, 15) is 0 Å². The summed E-state index contributed by atoms with van der Waals surface area (Å²) in [4.78, 5) is 4.47. The Balaban J connectivity index is 1.71. The molecule has 102 valence electrons. The molecular weight excluding hydrogens is 306 g/mol. The number of nitrogens with one attached hydrogen (secondary N) is 2. The van der Waals surface area contributed by atoms with Gasteiger partial charge in [0.25, 0.3) is 0 Å². The molecule has 0 bridgehead atoms. The van der Waals surface area contributed by atoms with Crippen LogP contribution in [-0.2, 0) is 0 Å². The number of anilines is 1. The highest BCUT2D eigenvalue weighted by Crippen LogP contribution is 2.27. The van der Waals surface area contributed by atoms with E-state index in [-0.39, 0.29) is 0 Å². The SMILES string of the molecule is CC1(CNc2nc3ccc(Br)cn3n2)CCNCC1. The minimum Gasteiger partial charge on any atom is -0.352 e. The Morgan fingerprint density at radius 1 is 1.42 bits per heavy atom. The van der Waals surface area contributed by atoms with Crippen molar-refractivity contribution in [3.8, 4) is 0 Å². The van der Waals surface area contributed by atoms with Crippen LogP contribution in [0.4, 0.5) is 5.95 Å². The lowest BCUT2D eigenvalue weighted by atomic mass is 9.81. The zero-order chi connectivity index (χ0) is 13.3. The zero-order valence-electron chi connectivity index (χ0n) is 11.0. The quantitative estimate of drug-likeness (QED) is 0.910. The van der Waals surface area contributed by atoms with Gasteiger partial charge in [0.2, 0.25) is 5.95 Å². The number of rotatable bonds is 3. The molecular formula is C13H18BrN5. The van der Waals surface area contributed by atoms with Gasteiger partial charge in [-0.05, 0) is 59.4 Å². The fourth-order valence-electron chi connectivity index (χ4n) is 2.43. The van der Waals surface area contributed by atoms with E-state index < -0.39 is 0 Å². The normalized spacial score (nSPS) is 18.6. The summed E-state index contributed by atoms with van der Waals surface area (Å²) in [5, 5.41) is 11.2. The Labute approximate surface area is 120 Å². The van der Waals surface area contributed by atoms with Crippen molar-refractivity contribution in [2.45, 2.75) is 19.8 Å². The van der Waals surface area contributed by atoms with Crippen molar-refractivity contribution >= 4 is 27.5 Å². The van der Waals surface area contributed by atoms with Gasteiger partial charge in [-0.15, -0.1) is 5.10 Å². The van der Waals surface area contributed by atoms with Crippen molar-refractivity contribution in [1.82, 2.24) is 19.9 Å². The first-order valence-corrected chi connectivity index (χ1v) is 7.41. The fraction of sp³-hybridized carbons (Fsp3) is 0.538. The van der Waals surface area contributed by atoms with E-state index in [0.717, 1.165) is 29.8 Å². The van der Waals surface area contributed by atoms with Gasteiger partial charge in [0.15, 0.2) is 5.65 Å². The van der Waals surface area contributed by atoms with E-state index in [1.165, 1.54) is 12.8 Å². The number of pyridine rings is 1.